The third-order valence-electron chi connectivity index (χ3n) is 13.5. The highest BCUT2D eigenvalue weighted by Gasteiger charge is 2.65. The van der Waals surface area contributed by atoms with Crippen LogP contribution in [-0.4, -0.2) is 106 Å². The van der Waals surface area contributed by atoms with Gasteiger partial charge in [0.2, 0.25) is 0 Å². The molecule has 5 fully saturated rings. The molecule has 294 valence electrons. The summed E-state index contributed by atoms with van der Waals surface area (Å²) in [6.45, 7) is 18.0. The summed E-state index contributed by atoms with van der Waals surface area (Å²) in [5.74, 6) is -3.08. The van der Waals surface area contributed by atoms with Crippen molar-refractivity contribution >= 4 is 5.97 Å². The zero-order chi connectivity index (χ0) is 37.7. The lowest BCUT2D eigenvalue weighted by molar-refractivity contribution is -0.352. The first kappa shape index (κ1) is 41.0. The summed E-state index contributed by atoms with van der Waals surface area (Å²) in [6.07, 6.45) is 6.24. The van der Waals surface area contributed by atoms with Crippen molar-refractivity contribution in [3.63, 3.8) is 0 Å². The van der Waals surface area contributed by atoms with Crippen molar-refractivity contribution in [3.05, 3.63) is 11.6 Å². The molecule has 5 aliphatic heterocycles. The first-order valence-corrected chi connectivity index (χ1v) is 19.6. The van der Waals surface area contributed by atoms with Gasteiger partial charge in [0.05, 0.1) is 60.5 Å². The van der Waals surface area contributed by atoms with Crippen LogP contribution in [0, 0.1) is 35.5 Å². The minimum Gasteiger partial charge on any atom is -0.478 e. The number of rotatable bonds is 12. The van der Waals surface area contributed by atoms with Crippen LogP contribution in [0.2, 0.25) is 0 Å². The molecule has 0 aromatic rings. The second-order valence-electron chi connectivity index (χ2n) is 17.8. The van der Waals surface area contributed by atoms with Gasteiger partial charge in [-0.15, -0.1) is 0 Å². The smallest absolute Gasteiger partial charge is 0.330 e. The Morgan fingerprint density at radius 2 is 1.69 bits per heavy atom. The number of aliphatic hydroxyl groups excluding tert-OH is 2. The van der Waals surface area contributed by atoms with E-state index >= 15 is 0 Å². The van der Waals surface area contributed by atoms with Gasteiger partial charge in [-0.05, 0) is 89.9 Å². The third kappa shape index (κ3) is 8.13. The lowest BCUT2D eigenvalue weighted by Crippen LogP contribution is -2.58. The first-order chi connectivity index (χ1) is 23.8. The Kier molecular flexibility index (Phi) is 12.5. The molecule has 17 unspecified atom stereocenters. The van der Waals surface area contributed by atoms with Gasteiger partial charge in [-0.25, -0.2) is 4.79 Å². The summed E-state index contributed by atoms with van der Waals surface area (Å²) < 4.78 is 40.1. The van der Waals surface area contributed by atoms with E-state index < -0.39 is 41.5 Å². The number of ether oxygens (including phenoxy) is 6. The molecule has 0 aromatic heterocycles. The standard InChI is InChI=1S/C40H68O11/c1-22(15-25(4)36(43)44)11-12-29(42)18-30-19-31(46-10)28(7)40(48-30)27(6)20-38(9,51-40)33-13-14-37(8,49-33)35-24(3)17-32(47-35)34-23(2)16-26(5)39(45,21-41)50-34/h15,22-24,26-35,41-42,45H,11-14,16-21H2,1-10H3,(H,43,44)/b25-15+. The van der Waals surface area contributed by atoms with Gasteiger partial charge in [0.15, 0.2) is 11.6 Å². The molecule has 5 saturated heterocycles. The molecule has 17 atom stereocenters. The van der Waals surface area contributed by atoms with Crippen LogP contribution in [0.25, 0.3) is 0 Å². The van der Waals surface area contributed by atoms with Gasteiger partial charge in [0, 0.05) is 36.9 Å². The highest BCUT2D eigenvalue weighted by atomic mass is 16.7. The zero-order valence-electron chi connectivity index (χ0n) is 32.8. The van der Waals surface area contributed by atoms with E-state index in [-0.39, 0.29) is 72.1 Å². The van der Waals surface area contributed by atoms with E-state index in [0.717, 1.165) is 32.1 Å². The van der Waals surface area contributed by atoms with E-state index in [1.807, 2.05) is 13.8 Å². The van der Waals surface area contributed by atoms with Gasteiger partial charge in [-0.2, -0.15) is 0 Å². The molecular weight excluding hydrogens is 656 g/mol. The molecule has 0 saturated carbocycles. The van der Waals surface area contributed by atoms with Gasteiger partial charge in [0.25, 0.3) is 0 Å². The lowest BCUT2D eigenvalue weighted by atomic mass is 9.78. The summed E-state index contributed by atoms with van der Waals surface area (Å²) in [4.78, 5) is 11.2. The fraction of sp³-hybridized carbons (Fsp3) is 0.925. The molecule has 0 aromatic carbocycles. The molecule has 0 bridgehead atoms. The van der Waals surface area contributed by atoms with Crippen LogP contribution in [0.4, 0.5) is 0 Å². The Bertz CT molecular complexity index is 1240. The van der Waals surface area contributed by atoms with E-state index in [4.69, 9.17) is 28.4 Å². The number of methoxy groups -OCH3 is 1. The molecule has 0 amide bonds. The van der Waals surface area contributed by atoms with Crippen molar-refractivity contribution in [2.24, 2.45) is 35.5 Å². The number of hydrogen-bond acceptors (Lipinski definition) is 10. The maximum atomic E-state index is 11.2. The largest absolute Gasteiger partial charge is 0.478 e. The predicted octanol–water partition coefficient (Wildman–Crippen LogP) is 5.61. The van der Waals surface area contributed by atoms with Gasteiger partial charge in [-0.1, -0.05) is 47.6 Å². The molecule has 51 heavy (non-hydrogen) atoms. The van der Waals surface area contributed by atoms with E-state index in [0.29, 0.717) is 31.3 Å². The molecule has 0 radical (unpaired) electrons. The van der Waals surface area contributed by atoms with Gasteiger partial charge < -0.3 is 48.8 Å². The Hall–Kier alpha value is -1.15. The summed E-state index contributed by atoms with van der Waals surface area (Å²) in [5.41, 5.74) is -0.818. The minimum atomic E-state index is -1.56. The second-order valence-corrected chi connectivity index (χ2v) is 17.8. The fourth-order valence-corrected chi connectivity index (χ4v) is 10.5. The highest BCUT2D eigenvalue weighted by Crippen LogP contribution is 2.57. The fourth-order valence-electron chi connectivity index (χ4n) is 10.5. The van der Waals surface area contributed by atoms with Gasteiger partial charge in [-0.3, -0.25) is 0 Å². The minimum absolute atomic E-state index is 0.0404. The van der Waals surface area contributed by atoms with Crippen LogP contribution >= 0.6 is 0 Å². The van der Waals surface area contributed by atoms with Crippen LogP contribution in [-0.2, 0) is 33.2 Å². The van der Waals surface area contributed by atoms with Crippen molar-refractivity contribution < 1.29 is 53.6 Å². The van der Waals surface area contributed by atoms with Crippen LogP contribution in [0.15, 0.2) is 11.6 Å². The van der Waals surface area contributed by atoms with Crippen LogP contribution < -0.4 is 0 Å². The van der Waals surface area contributed by atoms with Gasteiger partial charge in [0.1, 0.15) is 0 Å². The third-order valence-corrected chi connectivity index (χ3v) is 13.5. The van der Waals surface area contributed by atoms with Crippen molar-refractivity contribution in [3.8, 4) is 0 Å². The molecule has 5 rings (SSSR count). The number of allylic oxidation sites excluding steroid dienone is 1. The highest BCUT2D eigenvalue weighted by molar-refractivity contribution is 5.85. The molecule has 5 aliphatic rings. The normalized spacial score (nSPS) is 49.0. The van der Waals surface area contributed by atoms with Crippen LogP contribution in [0.3, 0.4) is 0 Å². The first-order valence-electron chi connectivity index (χ1n) is 19.6. The summed E-state index contributed by atoms with van der Waals surface area (Å²) in [7, 11) is 1.73. The summed E-state index contributed by atoms with van der Waals surface area (Å²) >= 11 is 0. The van der Waals surface area contributed by atoms with E-state index in [1.165, 1.54) is 0 Å². The Morgan fingerprint density at radius 3 is 2.33 bits per heavy atom. The molecule has 0 aliphatic carbocycles. The number of carboxylic acids is 1. The van der Waals surface area contributed by atoms with E-state index in [1.54, 1.807) is 20.1 Å². The molecule has 11 nitrogen and oxygen atoms in total. The average Bonchev–Trinajstić information content (AvgIpc) is 3.74. The predicted molar refractivity (Wildman–Crippen MR) is 191 cm³/mol. The Labute approximate surface area is 305 Å². The summed E-state index contributed by atoms with van der Waals surface area (Å²) in [5, 5.41) is 41.2. The van der Waals surface area contributed by atoms with E-state index in [9.17, 15) is 25.2 Å². The lowest BCUT2D eigenvalue weighted by Gasteiger charge is -2.50. The maximum Gasteiger partial charge on any atom is 0.330 e. The van der Waals surface area contributed by atoms with Crippen LogP contribution in [0.1, 0.15) is 120 Å². The molecule has 1 spiro atoms. The van der Waals surface area contributed by atoms with E-state index in [2.05, 4.69) is 41.5 Å². The Morgan fingerprint density at radius 1 is 0.980 bits per heavy atom. The number of carboxylic acid groups (broad SMARTS) is 1. The topological polar surface area (TPSA) is 153 Å². The van der Waals surface area contributed by atoms with Gasteiger partial charge >= 0.3 is 5.97 Å². The number of aliphatic carboxylic acids is 1. The SMILES string of the molecule is COC1CC(CC(O)CCC(C)/C=C(\C)C(=O)O)OC2(OC(C)(C3CCC(C)(C4OC(C5OC(O)(CO)C(C)CC5C)CC4C)O3)CC2C)C1C. The number of aliphatic hydroxyl groups is 3. The quantitative estimate of drug-likeness (QED) is 0.186. The van der Waals surface area contributed by atoms with Crippen molar-refractivity contribution in [1.29, 1.82) is 0 Å². The maximum absolute atomic E-state index is 11.2. The zero-order valence-corrected chi connectivity index (χ0v) is 32.8. The molecular formula is C40H68O11. The summed E-state index contributed by atoms with van der Waals surface area (Å²) in [6, 6.07) is 0. The van der Waals surface area contributed by atoms with Crippen molar-refractivity contribution in [2.75, 3.05) is 13.7 Å². The number of hydrogen-bond donors (Lipinski definition) is 4. The van der Waals surface area contributed by atoms with Crippen LogP contribution in [0.5, 0.6) is 0 Å². The monoisotopic (exact) mass is 724 g/mol. The number of carbonyl (C=O) groups is 1. The molecule has 5 heterocycles. The van der Waals surface area contributed by atoms with Crippen molar-refractivity contribution in [2.45, 2.75) is 186 Å². The molecule has 4 N–H and O–H groups in total. The van der Waals surface area contributed by atoms with Crippen molar-refractivity contribution in [1.82, 2.24) is 0 Å². The molecule has 11 heteroatoms. The average molecular weight is 725 g/mol. The second kappa shape index (κ2) is 15.5. The Balaban J connectivity index is 1.24.